The lowest BCUT2D eigenvalue weighted by Crippen LogP contribution is -2.38. The molecule has 0 saturated carbocycles. The first-order valence-corrected chi connectivity index (χ1v) is 12.9. The number of tetrazole rings is 1. The molecule has 2 saturated heterocycles. The van der Waals surface area contributed by atoms with Gasteiger partial charge in [-0.2, -0.15) is 0 Å². The highest BCUT2D eigenvalue weighted by Gasteiger charge is 2.30. The normalized spacial score (nSPS) is 21.4. The zero-order valence-corrected chi connectivity index (χ0v) is 21.0. The van der Waals surface area contributed by atoms with Gasteiger partial charge in [-0.05, 0) is 79.5 Å². The van der Waals surface area contributed by atoms with Crippen molar-refractivity contribution in [3.63, 3.8) is 0 Å². The van der Waals surface area contributed by atoms with Crippen LogP contribution in [0.25, 0.3) is 10.9 Å². The minimum atomic E-state index is -0.0457. The number of nitrogens with one attached hydrogen (secondary N) is 1. The first-order valence-electron chi connectivity index (χ1n) is 12.9. The number of hydrogen-bond acceptors (Lipinski definition) is 7. The SMILES string of the molecule is CC[C@H](c1nnnn1C[C@@H]1CCCO1)N(Cc1cc2cc(C)cc(C)c2[nH]c1=O)C[C@H]1CCCO1. The van der Waals surface area contributed by atoms with E-state index in [0.717, 1.165) is 79.7 Å². The van der Waals surface area contributed by atoms with Gasteiger partial charge in [-0.1, -0.05) is 18.6 Å². The van der Waals surface area contributed by atoms with E-state index >= 15 is 0 Å². The van der Waals surface area contributed by atoms with Crippen LogP contribution in [0.1, 0.15) is 67.6 Å². The fraction of sp³-hybridized carbons (Fsp3) is 0.615. The number of aryl methyl sites for hydroxylation is 2. The number of aromatic nitrogens is 5. The van der Waals surface area contributed by atoms with Crippen molar-refractivity contribution in [1.29, 1.82) is 0 Å². The van der Waals surface area contributed by atoms with Crippen LogP contribution in [0.3, 0.4) is 0 Å². The fourth-order valence-corrected chi connectivity index (χ4v) is 5.59. The number of pyridine rings is 1. The Labute approximate surface area is 205 Å². The average molecular weight is 481 g/mol. The first-order chi connectivity index (χ1) is 17.0. The number of nitrogens with zero attached hydrogens (tertiary/aromatic N) is 5. The predicted octanol–water partition coefficient (Wildman–Crippen LogP) is 3.44. The van der Waals surface area contributed by atoms with Gasteiger partial charge in [0.15, 0.2) is 5.82 Å². The number of benzene rings is 1. The molecule has 2 fully saturated rings. The highest BCUT2D eigenvalue weighted by Crippen LogP contribution is 2.28. The van der Waals surface area contributed by atoms with Gasteiger partial charge in [-0.25, -0.2) is 4.68 Å². The molecule has 35 heavy (non-hydrogen) atoms. The molecule has 0 spiro atoms. The van der Waals surface area contributed by atoms with E-state index in [9.17, 15) is 4.79 Å². The fourth-order valence-electron chi connectivity index (χ4n) is 5.59. The molecular weight excluding hydrogens is 444 g/mol. The third-order valence-electron chi connectivity index (χ3n) is 7.29. The number of rotatable bonds is 9. The molecule has 1 aromatic carbocycles. The van der Waals surface area contributed by atoms with Gasteiger partial charge < -0.3 is 14.5 Å². The van der Waals surface area contributed by atoms with Gasteiger partial charge in [-0.3, -0.25) is 9.69 Å². The summed E-state index contributed by atoms with van der Waals surface area (Å²) in [4.78, 5) is 18.6. The largest absolute Gasteiger partial charge is 0.377 e. The maximum Gasteiger partial charge on any atom is 0.252 e. The number of hydrogen-bond donors (Lipinski definition) is 1. The summed E-state index contributed by atoms with van der Waals surface area (Å²) in [7, 11) is 0. The van der Waals surface area contributed by atoms with Crippen LogP contribution in [0, 0.1) is 13.8 Å². The van der Waals surface area contributed by atoms with Gasteiger partial charge in [0.1, 0.15) is 0 Å². The second-order valence-electron chi connectivity index (χ2n) is 10.0. The van der Waals surface area contributed by atoms with Crippen LogP contribution >= 0.6 is 0 Å². The topological polar surface area (TPSA) is 98.2 Å². The van der Waals surface area contributed by atoms with Crippen molar-refractivity contribution in [3.8, 4) is 0 Å². The minimum absolute atomic E-state index is 0.0371. The van der Waals surface area contributed by atoms with Gasteiger partial charge >= 0.3 is 0 Å². The van der Waals surface area contributed by atoms with Crippen LogP contribution in [0.2, 0.25) is 0 Å². The van der Waals surface area contributed by atoms with Crippen molar-refractivity contribution in [2.24, 2.45) is 0 Å². The van der Waals surface area contributed by atoms with Crippen LogP contribution < -0.4 is 5.56 Å². The Balaban J connectivity index is 1.47. The van der Waals surface area contributed by atoms with Crippen molar-refractivity contribution in [2.45, 2.75) is 84.2 Å². The van der Waals surface area contributed by atoms with Crippen molar-refractivity contribution >= 4 is 10.9 Å². The molecule has 2 aliphatic rings. The molecule has 4 heterocycles. The molecule has 0 aliphatic carbocycles. The monoisotopic (exact) mass is 480 g/mol. The van der Waals surface area contributed by atoms with Gasteiger partial charge in [0.25, 0.3) is 5.56 Å². The molecule has 9 nitrogen and oxygen atoms in total. The Morgan fingerprint density at radius 1 is 1.14 bits per heavy atom. The molecule has 0 unspecified atom stereocenters. The Bertz CT molecular complexity index is 1210. The van der Waals surface area contributed by atoms with Crippen LogP contribution in [-0.2, 0) is 22.6 Å². The lowest BCUT2D eigenvalue weighted by atomic mass is 10.0. The third-order valence-corrected chi connectivity index (χ3v) is 7.29. The third kappa shape index (κ3) is 5.32. The predicted molar refractivity (Wildman–Crippen MR) is 133 cm³/mol. The molecular formula is C26H36N6O3. The standard InChI is InChI=1S/C26H36N6O3/c1-4-23(25-28-29-30-32(25)16-22-8-6-10-35-22)31(15-21-7-5-9-34-21)14-20-13-19-12-17(2)11-18(3)24(19)27-26(20)33/h11-13,21-23H,4-10,14-16H2,1-3H3,(H,27,33)/t21-,22+,23-/m1/s1. The van der Waals surface area contributed by atoms with Gasteiger partial charge in [-0.15, -0.1) is 5.10 Å². The number of fused-ring (bicyclic) bond motifs is 1. The quantitative estimate of drug-likeness (QED) is 0.501. The summed E-state index contributed by atoms with van der Waals surface area (Å²) in [5.41, 5.74) is 3.87. The second kappa shape index (κ2) is 10.6. The van der Waals surface area contributed by atoms with Crippen LogP contribution in [0.4, 0.5) is 0 Å². The van der Waals surface area contributed by atoms with Gasteiger partial charge in [0.05, 0.1) is 30.3 Å². The van der Waals surface area contributed by atoms with E-state index in [1.54, 1.807) is 0 Å². The summed E-state index contributed by atoms with van der Waals surface area (Å²) in [6, 6.07) is 6.23. The van der Waals surface area contributed by atoms with Crippen molar-refractivity contribution in [1.82, 2.24) is 30.1 Å². The van der Waals surface area contributed by atoms with E-state index < -0.39 is 0 Å². The molecule has 3 atom stereocenters. The lowest BCUT2D eigenvalue weighted by molar-refractivity contribution is 0.0470. The van der Waals surface area contributed by atoms with Crippen molar-refractivity contribution in [2.75, 3.05) is 19.8 Å². The molecule has 3 aromatic rings. The summed E-state index contributed by atoms with van der Waals surface area (Å²) >= 11 is 0. The van der Waals surface area contributed by atoms with E-state index in [0.29, 0.717) is 13.1 Å². The van der Waals surface area contributed by atoms with Crippen LogP contribution in [-0.4, -0.2) is 62.1 Å². The van der Waals surface area contributed by atoms with E-state index in [1.165, 1.54) is 5.56 Å². The summed E-state index contributed by atoms with van der Waals surface area (Å²) in [5.74, 6) is 0.824. The molecule has 0 bridgehead atoms. The summed E-state index contributed by atoms with van der Waals surface area (Å²) in [6.07, 6.45) is 5.32. The Kier molecular flexibility index (Phi) is 7.27. The Hall–Kier alpha value is -2.62. The van der Waals surface area contributed by atoms with Gasteiger partial charge in [0, 0.05) is 31.9 Å². The second-order valence-corrected chi connectivity index (χ2v) is 10.0. The molecule has 1 N–H and O–H groups in total. The van der Waals surface area contributed by atoms with E-state index in [-0.39, 0.29) is 23.8 Å². The molecule has 0 amide bonds. The Morgan fingerprint density at radius 2 is 1.91 bits per heavy atom. The summed E-state index contributed by atoms with van der Waals surface area (Å²) in [5, 5.41) is 13.8. The van der Waals surface area contributed by atoms with Crippen LogP contribution in [0.15, 0.2) is 23.0 Å². The van der Waals surface area contributed by atoms with E-state index in [4.69, 9.17) is 9.47 Å². The number of ether oxygens (including phenoxy) is 2. The average Bonchev–Trinajstić information content (AvgIpc) is 3.60. The maximum atomic E-state index is 13.2. The molecule has 0 radical (unpaired) electrons. The summed E-state index contributed by atoms with van der Waals surface area (Å²) in [6.45, 7) is 9.75. The summed E-state index contributed by atoms with van der Waals surface area (Å²) < 4.78 is 13.7. The highest BCUT2D eigenvalue weighted by molar-refractivity contribution is 5.82. The Morgan fingerprint density at radius 3 is 2.63 bits per heavy atom. The zero-order valence-electron chi connectivity index (χ0n) is 21.0. The molecule has 9 heteroatoms. The lowest BCUT2D eigenvalue weighted by Gasteiger charge is -2.32. The van der Waals surface area contributed by atoms with E-state index in [1.807, 2.05) is 17.7 Å². The number of H-pyrrole nitrogens is 1. The smallest absolute Gasteiger partial charge is 0.252 e. The molecule has 2 aromatic heterocycles. The van der Waals surface area contributed by atoms with E-state index in [2.05, 4.69) is 51.4 Å². The maximum absolute atomic E-state index is 13.2. The minimum Gasteiger partial charge on any atom is -0.377 e. The van der Waals surface area contributed by atoms with Crippen molar-refractivity contribution < 1.29 is 9.47 Å². The van der Waals surface area contributed by atoms with Gasteiger partial charge in [0.2, 0.25) is 0 Å². The zero-order chi connectivity index (χ0) is 24.4. The molecule has 188 valence electrons. The highest BCUT2D eigenvalue weighted by atomic mass is 16.5. The van der Waals surface area contributed by atoms with Crippen molar-refractivity contribution in [3.05, 3.63) is 51.1 Å². The first kappa shape index (κ1) is 24.1. The molecule has 2 aliphatic heterocycles. The van der Waals surface area contributed by atoms with Crippen LogP contribution in [0.5, 0.6) is 0 Å². The molecule has 5 rings (SSSR count). The number of aromatic amines is 1.